The molecule has 4 atom stereocenters. The van der Waals surface area contributed by atoms with Crippen molar-refractivity contribution in [3.8, 4) is 0 Å². The van der Waals surface area contributed by atoms with Crippen molar-refractivity contribution in [2.24, 2.45) is 17.8 Å². The van der Waals surface area contributed by atoms with E-state index >= 15 is 0 Å². The number of hydrogen-bond donors (Lipinski definition) is 2. The monoisotopic (exact) mass is 290 g/mol. The minimum atomic E-state index is -0.0976. The number of amides is 1. The van der Waals surface area contributed by atoms with E-state index in [0.29, 0.717) is 35.2 Å². The van der Waals surface area contributed by atoms with Crippen LogP contribution >= 0.6 is 0 Å². The fraction of sp³-hybridized carbons (Fsp3) is 0.800. The van der Waals surface area contributed by atoms with E-state index in [4.69, 9.17) is 4.74 Å². The van der Waals surface area contributed by atoms with Crippen LogP contribution in [0.15, 0.2) is 0 Å². The minimum absolute atomic E-state index is 0.0976. The Balaban J connectivity index is 1.50. The third kappa shape index (κ3) is 2.08. The van der Waals surface area contributed by atoms with Crippen LogP contribution in [0.4, 0.5) is 0 Å². The number of rotatable bonds is 3. The lowest BCUT2D eigenvalue weighted by Gasteiger charge is -2.50. The number of carbonyl (C=O) groups is 1. The SMILES string of the molecule is Cc1n[nH]nc1C(=O)N[C@H]1[C@H]2CCO[C@H]2[C@H]1C1CCCC1. The normalized spacial score (nSPS) is 35.5. The van der Waals surface area contributed by atoms with Crippen LogP contribution in [0.3, 0.4) is 0 Å². The summed E-state index contributed by atoms with van der Waals surface area (Å²) in [7, 11) is 0. The molecule has 2 N–H and O–H groups in total. The van der Waals surface area contributed by atoms with Gasteiger partial charge in [-0.2, -0.15) is 15.4 Å². The number of hydrogen-bond acceptors (Lipinski definition) is 4. The van der Waals surface area contributed by atoms with Crippen LogP contribution < -0.4 is 5.32 Å². The number of aromatic amines is 1. The molecule has 3 fully saturated rings. The molecule has 0 unspecified atom stereocenters. The molecular formula is C15H22N4O2. The molecule has 6 heteroatoms. The Bertz CT molecular complexity index is 533. The van der Waals surface area contributed by atoms with Gasteiger partial charge in [0.2, 0.25) is 0 Å². The molecule has 1 aromatic rings. The quantitative estimate of drug-likeness (QED) is 0.882. The van der Waals surface area contributed by atoms with Gasteiger partial charge in [0, 0.05) is 24.5 Å². The van der Waals surface area contributed by atoms with Gasteiger partial charge in [0.05, 0.1) is 11.8 Å². The second kappa shape index (κ2) is 5.09. The zero-order valence-electron chi connectivity index (χ0n) is 12.3. The fourth-order valence-corrected chi connectivity index (χ4v) is 4.58. The summed E-state index contributed by atoms with van der Waals surface area (Å²) in [5.74, 6) is 1.61. The third-order valence-electron chi connectivity index (χ3n) is 5.62. The highest BCUT2D eigenvalue weighted by molar-refractivity contribution is 5.93. The van der Waals surface area contributed by atoms with Crippen molar-refractivity contribution in [3.63, 3.8) is 0 Å². The molecule has 0 spiro atoms. The maximum absolute atomic E-state index is 12.4. The minimum Gasteiger partial charge on any atom is -0.377 e. The van der Waals surface area contributed by atoms with Crippen LogP contribution in [0, 0.1) is 24.7 Å². The van der Waals surface area contributed by atoms with E-state index in [0.717, 1.165) is 13.0 Å². The average Bonchev–Trinajstić information content (AvgIpc) is 3.17. The molecule has 21 heavy (non-hydrogen) atoms. The highest BCUT2D eigenvalue weighted by Gasteiger charge is 2.57. The standard InChI is InChI=1S/C15H22N4O2/c1-8-12(18-19-17-8)15(20)16-13-10-6-7-21-14(10)11(13)9-4-2-3-5-9/h9-11,13-14H,2-7H2,1H3,(H,16,20)(H,17,18,19)/t10-,11+,13+,14-/m1/s1. The molecule has 2 saturated carbocycles. The molecule has 3 aliphatic rings. The first-order valence-electron chi connectivity index (χ1n) is 8.05. The average molecular weight is 290 g/mol. The Labute approximate surface area is 124 Å². The summed E-state index contributed by atoms with van der Waals surface area (Å²) in [6.45, 7) is 2.64. The molecule has 2 aliphatic carbocycles. The number of nitrogens with zero attached hydrogens (tertiary/aromatic N) is 2. The molecule has 1 aliphatic heterocycles. The first kappa shape index (κ1) is 13.2. The van der Waals surface area contributed by atoms with Crippen LogP contribution in [0.25, 0.3) is 0 Å². The molecule has 114 valence electrons. The number of fused-ring (bicyclic) bond motifs is 1. The van der Waals surface area contributed by atoms with Crippen molar-refractivity contribution >= 4 is 5.91 Å². The summed E-state index contributed by atoms with van der Waals surface area (Å²) < 4.78 is 5.92. The number of aryl methyl sites for hydroxylation is 1. The summed E-state index contributed by atoms with van der Waals surface area (Å²) in [6.07, 6.45) is 6.65. The van der Waals surface area contributed by atoms with Gasteiger partial charge in [0.1, 0.15) is 0 Å². The van der Waals surface area contributed by atoms with Crippen molar-refractivity contribution in [2.45, 2.75) is 51.2 Å². The van der Waals surface area contributed by atoms with Crippen molar-refractivity contribution < 1.29 is 9.53 Å². The van der Waals surface area contributed by atoms with Crippen molar-refractivity contribution in [1.82, 2.24) is 20.7 Å². The first-order chi connectivity index (χ1) is 10.3. The summed E-state index contributed by atoms with van der Waals surface area (Å²) in [5.41, 5.74) is 1.07. The van der Waals surface area contributed by atoms with E-state index in [-0.39, 0.29) is 11.9 Å². The lowest BCUT2D eigenvalue weighted by molar-refractivity contribution is -0.0784. The Morgan fingerprint density at radius 1 is 1.29 bits per heavy atom. The molecule has 4 rings (SSSR count). The van der Waals surface area contributed by atoms with Crippen LogP contribution in [-0.4, -0.2) is 40.1 Å². The second-order valence-electron chi connectivity index (χ2n) is 6.67. The van der Waals surface area contributed by atoms with Gasteiger partial charge in [0.25, 0.3) is 5.91 Å². The van der Waals surface area contributed by atoms with Crippen molar-refractivity contribution in [1.29, 1.82) is 0 Å². The summed E-state index contributed by atoms with van der Waals surface area (Å²) in [6, 6.07) is 0.254. The van der Waals surface area contributed by atoms with Crippen molar-refractivity contribution in [2.75, 3.05) is 6.61 Å². The second-order valence-corrected chi connectivity index (χ2v) is 6.67. The van der Waals surface area contributed by atoms with E-state index in [1.165, 1.54) is 25.7 Å². The number of ether oxygens (including phenoxy) is 1. The largest absolute Gasteiger partial charge is 0.377 e. The topological polar surface area (TPSA) is 79.9 Å². The number of nitrogens with one attached hydrogen (secondary N) is 2. The Morgan fingerprint density at radius 3 is 2.81 bits per heavy atom. The van der Waals surface area contributed by atoms with E-state index < -0.39 is 0 Å². The number of aromatic nitrogens is 3. The highest BCUT2D eigenvalue weighted by Crippen LogP contribution is 2.51. The Morgan fingerprint density at radius 2 is 2.10 bits per heavy atom. The van der Waals surface area contributed by atoms with Gasteiger partial charge < -0.3 is 10.1 Å². The van der Waals surface area contributed by atoms with Gasteiger partial charge >= 0.3 is 0 Å². The van der Waals surface area contributed by atoms with E-state index in [1.807, 2.05) is 0 Å². The van der Waals surface area contributed by atoms with Gasteiger partial charge in [-0.15, -0.1) is 0 Å². The number of carbonyl (C=O) groups excluding carboxylic acids is 1. The third-order valence-corrected chi connectivity index (χ3v) is 5.62. The van der Waals surface area contributed by atoms with Crippen LogP contribution in [0.2, 0.25) is 0 Å². The number of H-pyrrole nitrogens is 1. The first-order valence-corrected chi connectivity index (χ1v) is 8.05. The predicted octanol–water partition coefficient (Wildman–Crippen LogP) is 1.44. The summed E-state index contributed by atoms with van der Waals surface area (Å²) in [5, 5.41) is 13.6. The maximum atomic E-state index is 12.4. The Hall–Kier alpha value is -1.43. The van der Waals surface area contributed by atoms with Crippen LogP contribution in [0.1, 0.15) is 48.3 Å². The van der Waals surface area contributed by atoms with Crippen LogP contribution in [0.5, 0.6) is 0 Å². The van der Waals surface area contributed by atoms with Gasteiger partial charge in [-0.1, -0.05) is 25.7 Å². The van der Waals surface area contributed by atoms with Crippen LogP contribution in [-0.2, 0) is 4.74 Å². The molecule has 0 radical (unpaired) electrons. The predicted molar refractivity (Wildman–Crippen MR) is 75.7 cm³/mol. The molecule has 2 heterocycles. The van der Waals surface area contributed by atoms with Gasteiger partial charge in [-0.05, 0) is 19.3 Å². The zero-order chi connectivity index (χ0) is 14.4. The highest BCUT2D eigenvalue weighted by atomic mass is 16.5. The summed E-state index contributed by atoms with van der Waals surface area (Å²) >= 11 is 0. The zero-order valence-corrected chi connectivity index (χ0v) is 12.3. The molecule has 0 bridgehead atoms. The molecule has 1 aromatic heterocycles. The lowest BCUT2D eigenvalue weighted by atomic mass is 9.61. The maximum Gasteiger partial charge on any atom is 0.273 e. The van der Waals surface area contributed by atoms with Gasteiger partial charge in [-0.3, -0.25) is 4.79 Å². The molecule has 1 amide bonds. The van der Waals surface area contributed by atoms with Crippen molar-refractivity contribution in [3.05, 3.63) is 11.4 Å². The Kier molecular flexibility index (Phi) is 3.21. The summed E-state index contributed by atoms with van der Waals surface area (Å²) in [4.78, 5) is 12.4. The lowest BCUT2D eigenvalue weighted by Crippen LogP contribution is -2.63. The molecular weight excluding hydrogens is 268 g/mol. The van der Waals surface area contributed by atoms with E-state index in [1.54, 1.807) is 6.92 Å². The van der Waals surface area contributed by atoms with Gasteiger partial charge in [0.15, 0.2) is 5.69 Å². The molecule has 1 saturated heterocycles. The van der Waals surface area contributed by atoms with E-state index in [2.05, 4.69) is 20.7 Å². The molecule has 6 nitrogen and oxygen atoms in total. The fourth-order valence-electron chi connectivity index (χ4n) is 4.58. The molecule has 0 aromatic carbocycles. The van der Waals surface area contributed by atoms with Gasteiger partial charge in [-0.25, -0.2) is 0 Å². The smallest absolute Gasteiger partial charge is 0.273 e. The van der Waals surface area contributed by atoms with E-state index in [9.17, 15) is 4.79 Å².